The summed E-state index contributed by atoms with van der Waals surface area (Å²) in [5.74, 6) is 1.15. The number of aliphatic hydroxyl groups excluding tert-OH is 1. The number of unbranched alkanes of at least 4 members (excludes halogenated alkanes) is 30. The fraction of sp³-hybridized carbons (Fsp3) is 0.957. The molecule has 52 heavy (non-hydrogen) atoms. The van der Waals surface area contributed by atoms with E-state index in [0.29, 0.717) is 12.8 Å². The summed E-state index contributed by atoms with van der Waals surface area (Å²) in [6.45, 7) is 8.91. The molecule has 0 saturated carbocycles. The Morgan fingerprint density at radius 3 is 0.904 bits per heavy atom. The number of aliphatic hydroxyl groups is 1. The number of hydrogen-bond acceptors (Lipinski definition) is 5. The van der Waals surface area contributed by atoms with Crippen molar-refractivity contribution in [3.8, 4) is 0 Å². The number of esters is 2. The van der Waals surface area contributed by atoms with Gasteiger partial charge in [0.2, 0.25) is 0 Å². The highest BCUT2D eigenvalue weighted by molar-refractivity contribution is 5.70. The molecular weight excluding hydrogens is 645 g/mol. The summed E-state index contributed by atoms with van der Waals surface area (Å²) in [5.41, 5.74) is 0. The van der Waals surface area contributed by atoms with E-state index >= 15 is 0 Å². The molecule has 1 atom stereocenters. The third kappa shape index (κ3) is 41.7. The molecule has 0 heterocycles. The topological polar surface area (TPSA) is 72.8 Å². The van der Waals surface area contributed by atoms with Crippen molar-refractivity contribution >= 4 is 11.9 Å². The number of ether oxygens (including phenoxy) is 2. The zero-order chi connectivity index (χ0) is 38.2. The third-order valence-electron chi connectivity index (χ3n) is 10.8. The van der Waals surface area contributed by atoms with Crippen LogP contribution in [0.25, 0.3) is 0 Å². The van der Waals surface area contributed by atoms with Crippen LogP contribution >= 0.6 is 0 Å². The maximum absolute atomic E-state index is 12.2. The van der Waals surface area contributed by atoms with E-state index in [2.05, 4.69) is 27.7 Å². The standard InChI is InChI=1S/C47H92O5/c1-43(2)37-33-29-25-21-17-13-9-5-7-11-15-19-23-27-31-35-39-46(49)51-42-45(41-48)52-47(50)40-36-32-28-24-20-16-12-8-6-10-14-18-22-26-30-34-38-44(3)4/h43-45,48H,5-42H2,1-4H3. The van der Waals surface area contributed by atoms with Crippen molar-refractivity contribution in [1.29, 1.82) is 0 Å². The van der Waals surface area contributed by atoms with Crippen LogP contribution in [-0.2, 0) is 19.1 Å². The zero-order valence-corrected chi connectivity index (χ0v) is 35.7. The molecule has 0 aromatic rings. The molecule has 1 unspecified atom stereocenters. The van der Waals surface area contributed by atoms with Crippen molar-refractivity contribution in [3.63, 3.8) is 0 Å². The highest BCUT2D eigenvalue weighted by Gasteiger charge is 2.16. The minimum absolute atomic E-state index is 0.0575. The molecule has 5 nitrogen and oxygen atoms in total. The number of carbonyl (C=O) groups excluding carboxylic acids is 2. The SMILES string of the molecule is CC(C)CCCCCCCCCCCCCCCCCCC(=O)OCC(CO)OC(=O)CCCCCCCCCCCCCCCCCCC(C)C. The first-order chi connectivity index (χ1) is 25.3. The summed E-state index contributed by atoms with van der Waals surface area (Å²) in [7, 11) is 0. The van der Waals surface area contributed by atoms with E-state index < -0.39 is 6.10 Å². The highest BCUT2D eigenvalue weighted by atomic mass is 16.6. The van der Waals surface area contributed by atoms with Gasteiger partial charge in [-0.1, -0.05) is 233 Å². The summed E-state index contributed by atoms with van der Waals surface area (Å²) in [6.07, 6.45) is 44.6. The van der Waals surface area contributed by atoms with Crippen LogP contribution in [0.1, 0.15) is 259 Å². The summed E-state index contributed by atoms with van der Waals surface area (Å²) in [4.78, 5) is 24.4. The van der Waals surface area contributed by atoms with Crippen molar-refractivity contribution < 1.29 is 24.2 Å². The Balaban J connectivity index is 3.45. The number of rotatable bonds is 42. The lowest BCUT2D eigenvalue weighted by molar-refractivity contribution is -0.161. The van der Waals surface area contributed by atoms with E-state index in [1.165, 1.54) is 186 Å². The van der Waals surface area contributed by atoms with Crippen LogP contribution in [0, 0.1) is 11.8 Å². The van der Waals surface area contributed by atoms with Crippen LogP contribution in [0.5, 0.6) is 0 Å². The molecule has 0 fully saturated rings. The second kappa shape index (κ2) is 41.1. The van der Waals surface area contributed by atoms with Gasteiger partial charge in [-0.2, -0.15) is 0 Å². The van der Waals surface area contributed by atoms with Crippen LogP contribution in [0.2, 0.25) is 0 Å². The first-order valence-electron chi connectivity index (χ1n) is 23.3. The van der Waals surface area contributed by atoms with Crippen molar-refractivity contribution in [2.24, 2.45) is 11.8 Å². The Morgan fingerprint density at radius 2 is 0.635 bits per heavy atom. The van der Waals surface area contributed by atoms with Crippen LogP contribution in [-0.4, -0.2) is 36.4 Å². The molecule has 0 radical (unpaired) electrons. The average Bonchev–Trinajstić information content (AvgIpc) is 3.12. The fourth-order valence-electron chi connectivity index (χ4n) is 7.22. The van der Waals surface area contributed by atoms with E-state index in [0.717, 1.165) is 43.9 Å². The van der Waals surface area contributed by atoms with Gasteiger partial charge in [-0.25, -0.2) is 0 Å². The summed E-state index contributed by atoms with van der Waals surface area (Å²) in [5, 5.41) is 9.60. The second-order valence-corrected chi connectivity index (χ2v) is 17.2. The van der Waals surface area contributed by atoms with Crippen LogP contribution in [0.4, 0.5) is 0 Å². The van der Waals surface area contributed by atoms with Crippen LogP contribution in [0.15, 0.2) is 0 Å². The van der Waals surface area contributed by atoms with E-state index in [1.807, 2.05) is 0 Å². The molecule has 0 aromatic heterocycles. The predicted octanol–water partition coefficient (Wildman–Crippen LogP) is 14.8. The summed E-state index contributed by atoms with van der Waals surface area (Å²) in [6, 6.07) is 0. The lowest BCUT2D eigenvalue weighted by Gasteiger charge is -2.15. The molecule has 0 aliphatic heterocycles. The lowest BCUT2D eigenvalue weighted by atomic mass is 10.0. The Kier molecular flexibility index (Phi) is 40.2. The maximum atomic E-state index is 12.2. The first kappa shape index (κ1) is 50.9. The first-order valence-corrected chi connectivity index (χ1v) is 23.3. The Morgan fingerprint density at radius 1 is 0.385 bits per heavy atom. The largest absolute Gasteiger partial charge is 0.462 e. The minimum atomic E-state index is -0.763. The Bertz CT molecular complexity index is 735. The maximum Gasteiger partial charge on any atom is 0.306 e. The van der Waals surface area contributed by atoms with Crippen LogP contribution in [0.3, 0.4) is 0 Å². The molecule has 0 saturated heterocycles. The quantitative estimate of drug-likeness (QED) is 0.0499. The molecule has 0 aliphatic carbocycles. The van der Waals surface area contributed by atoms with Gasteiger partial charge in [0.05, 0.1) is 6.61 Å². The molecule has 0 spiro atoms. The van der Waals surface area contributed by atoms with Crippen molar-refractivity contribution in [2.75, 3.05) is 13.2 Å². The highest BCUT2D eigenvalue weighted by Crippen LogP contribution is 2.17. The van der Waals surface area contributed by atoms with E-state index in [4.69, 9.17) is 9.47 Å². The molecule has 0 aliphatic rings. The molecule has 310 valence electrons. The van der Waals surface area contributed by atoms with Crippen molar-refractivity contribution in [3.05, 3.63) is 0 Å². The van der Waals surface area contributed by atoms with Gasteiger partial charge >= 0.3 is 11.9 Å². The van der Waals surface area contributed by atoms with E-state index in [-0.39, 0.29) is 25.2 Å². The number of carbonyl (C=O) groups is 2. The molecular formula is C47H92O5. The van der Waals surface area contributed by atoms with Crippen molar-refractivity contribution in [2.45, 2.75) is 265 Å². The minimum Gasteiger partial charge on any atom is -0.462 e. The van der Waals surface area contributed by atoms with Gasteiger partial charge in [0.1, 0.15) is 6.61 Å². The molecule has 5 heteroatoms. The molecule has 1 N–H and O–H groups in total. The summed E-state index contributed by atoms with van der Waals surface area (Å²) < 4.78 is 10.7. The van der Waals surface area contributed by atoms with Crippen molar-refractivity contribution in [1.82, 2.24) is 0 Å². The predicted molar refractivity (Wildman–Crippen MR) is 224 cm³/mol. The van der Waals surface area contributed by atoms with Crippen LogP contribution < -0.4 is 0 Å². The van der Waals surface area contributed by atoms with Gasteiger partial charge in [0.25, 0.3) is 0 Å². The molecule has 0 aromatic carbocycles. The zero-order valence-electron chi connectivity index (χ0n) is 35.7. The Labute approximate surface area is 325 Å². The Hall–Kier alpha value is -1.10. The van der Waals surface area contributed by atoms with Gasteiger partial charge in [0, 0.05) is 12.8 Å². The average molecular weight is 737 g/mol. The van der Waals surface area contributed by atoms with Gasteiger partial charge in [-0.15, -0.1) is 0 Å². The van der Waals surface area contributed by atoms with Gasteiger partial charge in [-0.3, -0.25) is 9.59 Å². The van der Waals surface area contributed by atoms with E-state index in [9.17, 15) is 14.7 Å². The van der Waals surface area contributed by atoms with Gasteiger partial charge in [-0.05, 0) is 24.7 Å². The second-order valence-electron chi connectivity index (χ2n) is 17.2. The molecule has 0 bridgehead atoms. The van der Waals surface area contributed by atoms with Gasteiger partial charge < -0.3 is 14.6 Å². The molecule has 0 amide bonds. The smallest absolute Gasteiger partial charge is 0.306 e. The van der Waals surface area contributed by atoms with E-state index in [1.54, 1.807) is 0 Å². The lowest BCUT2D eigenvalue weighted by Crippen LogP contribution is -2.28. The number of hydrogen-bond donors (Lipinski definition) is 1. The molecule has 0 rings (SSSR count). The normalized spacial score (nSPS) is 12.2. The monoisotopic (exact) mass is 737 g/mol. The third-order valence-corrected chi connectivity index (χ3v) is 10.8. The summed E-state index contributed by atoms with van der Waals surface area (Å²) >= 11 is 0. The fourth-order valence-corrected chi connectivity index (χ4v) is 7.22. The van der Waals surface area contributed by atoms with Gasteiger partial charge in [0.15, 0.2) is 6.10 Å².